The highest BCUT2D eigenvalue weighted by atomic mass is 32.1. The lowest BCUT2D eigenvalue weighted by atomic mass is 10.2. The van der Waals surface area contributed by atoms with Crippen LogP contribution in [0, 0.1) is 4.91 Å². The van der Waals surface area contributed by atoms with Gasteiger partial charge in [0, 0.05) is 16.6 Å². The average molecular weight is 329 g/mol. The van der Waals surface area contributed by atoms with Gasteiger partial charge in [0.2, 0.25) is 0 Å². The number of anilines is 1. The predicted molar refractivity (Wildman–Crippen MR) is 89.3 cm³/mol. The molecule has 0 saturated carbocycles. The first-order valence-electron chi connectivity index (χ1n) is 6.45. The van der Waals surface area contributed by atoms with Crippen LogP contribution in [0.2, 0.25) is 0 Å². The van der Waals surface area contributed by atoms with Crippen molar-refractivity contribution in [1.29, 1.82) is 0 Å². The van der Waals surface area contributed by atoms with Crippen molar-refractivity contribution in [3.05, 3.63) is 63.3 Å². The molecule has 1 amide bonds. The number of carbonyl (C=O) groups excluding carboxylic acids is 1. The monoisotopic (exact) mass is 329 g/mol. The molecule has 0 aliphatic heterocycles. The Morgan fingerprint density at radius 3 is 2.82 bits per heavy atom. The van der Waals surface area contributed by atoms with Crippen molar-refractivity contribution in [3.8, 4) is 9.88 Å². The Labute approximate surface area is 134 Å². The molecule has 1 aromatic carbocycles. The van der Waals surface area contributed by atoms with Gasteiger partial charge in [0.05, 0.1) is 4.88 Å². The van der Waals surface area contributed by atoms with Gasteiger partial charge in [-0.15, -0.1) is 22.7 Å². The Kier molecular flexibility index (Phi) is 4.36. The SMILES string of the molecule is O=NCc1ccccc1NC(=O)c1csc(-c2cccs2)n1. The molecule has 0 saturated heterocycles. The number of benzene rings is 1. The second-order valence-electron chi connectivity index (χ2n) is 4.41. The zero-order chi connectivity index (χ0) is 15.4. The molecule has 22 heavy (non-hydrogen) atoms. The number of rotatable bonds is 5. The predicted octanol–water partition coefficient (Wildman–Crippen LogP) is 4.39. The van der Waals surface area contributed by atoms with E-state index in [0.29, 0.717) is 16.9 Å². The summed E-state index contributed by atoms with van der Waals surface area (Å²) in [6.07, 6.45) is 0. The molecule has 0 fully saturated rings. The molecule has 5 nitrogen and oxygen atoms in total. The number of hydrogen-bond donors (Lipinski definition) is 1. The highest BCUT2D eigenvalue weighted by Gasteiger charge is 2.14. The number of carbonyl (C=O) groups is 1. The highest BCUT2D eigenvalue weighted by molar-refractivity contribution is 7.20. The summed E-state index contributed by atoms with van der Waals surface area (Å²) in [5, 5.41) is 10.2. The summed E-state index contributed by atoms with van der Waals surface area (Å²) in [7, 11) is 0. The van der Waals surface area contributed by atoms with Gasteiger partial charge in [0.1, 0.15) is 17.2 Å². The molecule has 0 aliphatic carbocycles. The van der Waals surface area contributed by atoms with Crippen molar-refractivity contribution in [2.75, 3.05) is 5.32 Å². The Morgan fingerprint density at radius 1 is 1.18 bits per heavy atom. The Bertz CT molecular complexity index is 797. The van der Waals surface area contributed by atoms with Gasteiger partial charge >= 0.3 is 0 Å². The van der Waals surface area contributed by atoms with Crippen molar-refractivity contribution < 1.29 is 4.79 Å². The van der Waals surface area contributed by atoms with Gasteiger partial charge < -0.3 is 5.32 Å². The molecule has 7 heteroatoms. The first kappa shape index (κ1) is 14.6. The first-order chi connectivity index (χ1) is 10.8. The third-order valence-corrected chi connectivity index (χ3v) is 4.85. The fraction of sp³-hybridized carbons (Fsp3) is 0.0667. The van der Waals surface area contributed by atoms with Crippen molar-refractivity contribution in [3.63, 3.8) is 0 Å². The largest absolute Gasteiger partial charge is 0.320 e. The zero-order valence-corrected chi connectivity index (χ0v) is 13.0. The number of nitrogens with one attached hydrogen (secondary N) is 1. The van der Waals surface area contributed by atoms with E-state index in [2.05, 4.69) is 15.5 Å². The topological polar surface area (TPSA) is 71.4 Å². The van der Waals surface area contributed by atoms with E-state index in [1.807, 2.05) is 17.5 Å². The van der Waals surface area contributed by atoms with Crippen LogP contribution in [-0.4, -0.2) is 10.9 Å². The fourth-order valence-electron chi connectivity index (χ4n) is 1.93. The van der Waals surface area contributed by atoms with Gasteiger partial charge in [-0.25, -0.2) is 4.98 Å². The summed E-state index contributed by atoms with van der Waals surface area (Å²) < 4.78 is 0. The van der Waals surface area contributed by atoms with Crippen LogP contribution in [0.15, 0.2) is 52.3 Å². The second kappa shape index (κ2) is 6.59. The molecule has 0 spiro atoms. The molecule has 0 unspecified atom stereocenters. The number of nitrogens with zero attached hydrogens (tertiary/aromatic N) is 2. The Morgan fingerprint density at radius 2 is 2.05 bits per heavy atom. The minimum atomic E-state index is -0.294. The van der Waals surface area contributed by atoms with E-state index in [9.17, 15) is 9.70 Å². The van der Waals surface area contributed by atoms with E-state index in [-0.39, 0.29) is 12.5 Å². The average Bonchev–Trinajstić information content (AvgIpc) is 3.20. The van der Waals surface area contributed by atoms with E-state index in [1.54, 1.807) is 41.0 Å². The lowest BCUT2D eigenvalue weighted by Crippen LogP contribution is -2.13. The number of amides is 1. The van der Waals surface area contributed by atoms with Crippen LogP contribution in [0.4, 0.5) is 5.69 Å². The van der Waals surface area contributed by atoms with Gasteiger partial charge in [-0.3, -0.25) is 4.79 Å². The molecule has 0 radical (unpaired) electrons. The van der Waals surface area contributed by atoms with Crippen LogP contribution < -0.4 is 5.32 Å². The number of thiophene rings is 1. The lowest BCUT2D eigenvalue weighted by molar-refractivity contribution is 0.102. The molecule has 0 aliphatic rings. The van der Waals surface area contributed by atoms with Crippen molar-refractivity contribution >= 4 is 34.3 Å². The maximum atomic E-state index is 12.3. The summed E-state index contributed by atoms with van der Waals surface area (Å²) in [6, 6.07) is 11.0. The minimum absolute atomic E-state index is 0.0218. The Balaban J connectivity index is 1.79. The maximum absolute atomic E-state index is 12.3. The van der Waals surface area contributed by atoms with Gasteiger partial charge in [0.25, 0.3) is 5.91 Å². The summed E-state index contributed by atoms with van der Waals surface area (Å²) in [4.78, 5) is 28.1. The third-order valence-electron chi connectivity index (χ3n) is 2.97. The summed E-state index contributed by atoms with van der Waals surface area (Å²) in [5.74, 6) is -0.294. The molecular formula is C15H11N3O2S2. The van der Waals surface area contributed by atoms with E-state index >= 15 is 0 Å². The van der Waals surface area contributed by atoms with Crippen LogP contribution in [0.25, 0.3) is 9.88 Å². The quantitative estimate of drug-likeness (QED) is 0.706. The van der Waals surface area contributed by atoms with Crippen molar-refractivity contribution in [1.82, 2.24) is 4.98 Å². The van der Waals surface area contributed by atoms with Gasteiger partial charge in [0.15, 0.2) is 0 Å². The summed E-state index contributed by atoms with van der Waals surface area (Å²) in [6.45, 7) is 0.0218. The van der Waals surface area contributed by atoms with E-state index in [0.717, 1.165) is 9.88 Å². The zero-order valence-electron chi connectivity index (χ0n) is 11.4. The molecule has 0 atom stereocenters. The first-order valence-corrected chi connectivity index (χ1v) is 8.21. The van der Waals surface area contributed by atoms with E-state index < -0.39 is 0 Å². The summed E-state index contributed by atoms with van der Waals surface area (Å²) in [5.41, 5.74) is 1.62. The fourth-order valence-corrected chi connectivity index (χ4v) is 3.54. The number of thiazole rings is 1. The number of nitroso groups, excluding NO2 is 1. The summed E-state index contributed by atoms with van der Waals surface area (Å²) >= 11 is 3.01. The molecular weight excluding hydrogens is 318 g/mol. The van der Waals surface area contributed by atoms with Crippen LogP contribution in [0.5, 0.6) is 0 Å². The Hall–Kier alpha value is -2.38. The molecule has 3 rings (SSSR count). The minimum Gasteiger partial charge on any atom is -0.320 e. The normalized spacial score (nSPS) is 10.4. The standard InChI is InChI=1S/C15H11N3O2S2/c19-14(17-11-5-2-1-4-10(11)8-16-20)12-9-22-15(18-12)13-6-3-7-21-13/h1-7,9H,8H2,(H,17,19). The van der Waals surface area contributed by atoms with Gasteiger partial charge in [-0.05, 0) is 17.5 Å². The second-order valence-corrected chi connectivity index (χ2v) is 6.22. The van der Waals surface area contributed by atoms with Gasteiger partial charge in [-0.2, -0.15) is 4.91 Å². The van der Waals surface area contributed by atoms with Crippen molar-refractivity contribution in [2.45, 2.75) is 6.54 Å². The smallest absolute Gasteiger partial charge is 0.275 e. The number of aromatic nitrogens is 1. The van der Waals surface area contributed by atoms with Crippen LogP contribution in [0.1, 0.15) is 16.1 Å². The number of hydrogen-bond acceptors (Lipinski definition) is 6. The van der Waals surface area contributed by atoms with E-state index in [4.69, 9.17) is 0 Å². The van der Waals surface area contributed by atoms with Crippen LogP contribution in [-0.2, 0) is 6.54 Å². The highest BCUT2D eigenvalue weighted by Crippen LogP contribution is 2.28. The molecule has 1 N–H and O–H groups in total. The molecule has 3 aromatic rings. The van der Waals surface area contributed by atoms with Gasteiger partial charge in [-0.1, -0.05) is 29.4 Å². The van der Waals surface area contributed by atoms with Crippen LogP contribution in [0.3, 0.4) is 0 Å². The third kappa shape index (κ3) is 3.10. The maximum Gasteiger partial charge on any atom is 0.275 e. The van der Waals surface area contributed by atoms with E-state index in [1.165, 1.54) is 11.3 Å². The van der Waals surface area contributed by atoms with Crippen molar-refractivity contribution in [2.24, 2.45) is 5.18 Å². The molecule has 2 aromatic heterocycles. The molecule has 0 bridgehead atoms. The lowest BCUT2D eigenvalue weighted by Gasteiger charge is -2.07. The molecule has 2 heterocycles. The molecule has 110 valence electrons. The van der Waals surface area contributed by atoms with Crippen LogP contribution >= 0.6 is 22.7 Å². The number of para-hydroxylation sites is 1.